The molecule has 63 heavy (non-hydrogen) atoms. The van der Waals surface area contributed by atoms with Gasteiger partial charge in [-0.3, -0.25) is 0 Å². The predicted molar refractivity (Wildman–Crippen MR) is 270 cm³/mol. The number of fused-ring (bicyclic) bond motifs is 6. The van der Waals surface area contributed by atoms with Crippen molar-refractivity contribution in [1.29, 1.82) is 0 Å². The number of hydrogen-bond acceptors (Lipinski definition) is 0. The average molecular weight is 819 g/mol. The molecule has 0 bridgehead atoms. The van der Waals surface area contributed by atoms with Crippen molar-refractivity contribution in [3.05, 3.63) is 255 Å². The second-order valence-corrected chi connectivity index (χ2v) is 20.1. The first-order chi connectivity index (χ1) is 31.3. The first-order valence-electron chi connectivity index (χ1n) is 21.8. The van der Waals surface area contributed by atoms with Gasteiger partial charge in [0.25, 0.3) is 0 Å². The zero-order valence-electron chi connectivity index (χ0n) is 34.6. The monoisotopic (exact) mass is 818 g/mol. The van der Waals surface area contributed by atoms with E-state index >= 15 is 0 Å². The molecule has 0 aliphatic heterocycles. The highest BCUT2D eigenvalue weighted by atomic mass is 28.3. The second-order valence-electron chi connectivity index (χ2n) is 16.4. The van der Waals surface area contributed by atoms with Crippen LogP contribution in [-0.4, -0.2) is 17.2 Å². The van der Waals surface area contributed by atoms with Crippen LogP contribution in [0.1, 0.15) is 0 Å². The normalized spacial score (nSPS) is 11.8. The molecule has 0 saturated carbocycles. The molecule has 0 fully saturated rings. The SMILES string of the molecule is c1ccc(-c2ccc(-n3c4ccccc4c4cccc(-n5c6ccccc6c6ccc(-c7ccccc7)c([Si](c7ccccc7)(c7ccccc7)c7ccccc7)c65)c43)cc2)cc1. The van der Waals surface area contributed by atoms with Crippen LogP contribution in [0, 0.1) is 0 Å². The van der Waals surface area contributed by atoms with Gasteiger partial charge in [0, 0.05) is 27.2 Å². The largest absolute Gasteiger partial charge is 0.307 e. The highest BCUT2D eigenvalue weighted by Gasteiger charge is 2.45. The van der Waals surface area contributed by atoms with Crippen LogP contribution in [0.15, 0.2) is 255 Å². The molecule has 0 saturated heterocycles. The summed E-state index contributed by atoms with van der Waals surface area (Å²) in [5.74, 6) is 0. The fourth-order valence-electron chi connectivity index (χ4n) is 10.4. The zero-order valence-corrected chi connectivity index (χ0v) is 35.6. The molecule has 12 aromatic rings. The smallest absolute Gasteiger partial charge is 0.182 e. The third-order valence-corrected chi connectivity index (χ3v) is 17.9. The Morgan fingerprint density at radius 3 is 1.25 bits per heavy atom. The molecule has 0 aliphatic rings. The van der Waals surface area contributed by atoms with E-state index in [1.165, 1.54) is 86.6 Å². The van der Waals surface area contributed by atoms with Crippen molar-refractivity contribution < 1.29 is 0 Å². The molecule has 0 unspecified atom stereocenters. The molecule has 0 radical (unpaired) electrons. The minimum Gasteiger partial charge on any atom is -0.307 e. The summed E-state index contributed by atoms with van der Waals surface area (Å²) < 4.78 is 5.12. The lowest BCUT2D eigenvalue weighted by atomic mass is 10.0. The summed E-state index contributed by atoms with van der Waals surface area (Å²) in [6.07, 6.45) is 0. The molecule has 2 aromatic heterocycles. The van der Waals surface area contributed by atoms with Gasteiger partial charge >= 0.3 is 0 Å². The minimum absolute atomic E-state index is 1.13. The maximum Gasteiger partial charge on any atom is 0.182 e. The van der Waals surface area contributed by atoms with Gasteiger partial charge in [0.1, 0.15) is 0 Å². The molecule has 0 aliphatic carbocycles. The van der Waals surface area contributed by atoms with Gasteiger partial charge in [0.2, 0.25) is 0 Å². The molecule has 0 N–H and O–H groups in total. The molecule has 0 amide bonds. The van der Waals surface area contributed by atoms with E-state index in [1.807, 2.05) is 0 Å². The topological polar surface area (TPSA) is 9.86 Å². The van der Waals surface area contributed by atoms with E-state index in [2.05, 4.69) is 264 Å². The van der Waals surface area contributed by atoms with Gasteiger partial charge in [-0.25, -0.2) is 0 Å². The summed E-state index contributed by atoms with van der Waals surface area (Å²) >= 11 is 0. The Hall–Kier alpha value is -7.98. The molecule has 2 nitrogen and oxygen atoms in total. The van der Waals surface area contributed by atoms with Crippen molar-refractivity contribution in [3.8, 4) is 33.6 Å². The molecule has 12 rings (SSSR count). The number of nitrogens with zero attached hydrogens (tertiary/aromatic N) is 2. The van der Waals surface area contributed by atoms with Crippen LogP contribution in [-0.2, 0) is 0 Å². The zero-order chi connectivity index (χ0) is 41.7. The quantitative estimate of drug-likeness (QED) is 0.107. The summed E-state index contributed by atoms with van der Waals surface area (Å²) in [5.41, 5.74) is 11.9. The Bertz CT molecular complexity index is 3480. The Kier molecular flexibility index (Phi) is 8.87. The lowest BCUT2D eigenvalue weighted by Gasteiger charge is -2.37. The number of para-hydroxylation sites is 3. The van der Waals surface area contributed by atoms with Gasteiger partial charge in [-0.15, -0.1) is 0 Å². The van der Waals surface area contributed by atoms with Gasteiger partial charge < -0.3 is 9.13 Å². The number of aromatic nitrogens is 2. The summed E-state index contributed by atoms with van der Waals surface area (Å²) in [5, 5.41) is 10.3. The minimum atomic E-state index is -3.16. The van der Waals surface area contributed by atoms with E-state index < -0.39 is 8.07 Å². The molecule has 10 aromatic carbocycles. The van der Waals surface area contributed by atoms with Crippen LogP contribution in [0.4, 0.5) is 0 Å². The third kappa shape index (κ3) is 5.78. The van der Waals surface area contributed by atoms with Gasteiger partial charge in [-0.2, -0.15) is 0 Å². The van der Waals surface area contributed by atoms with E-state index in [0.29, 0.717) is 0 Å². The second kappa shape index (κ2) is 15.2. The van der Waals surface area contributed by atoms with Gasteiger partial charge in [0.05, 0.1) is 27.8 Å². The van der Waals surface area contributed by atoms with Crippen LogP contribution in [0.3, 0.4) is 0 Å². The summed E-state index contributed by atoms with van der Waals surface area (Å²) in [6.45, 7) is 0. The lowest BCUT2D eigenvalue weighted by molar-refractivity contribution is 1.13. The van der Waals surface area contributed by atoms with Gasteiger partial charge in [-0.1, -0.05) is 224 Å². The fourth-order valence-corrected chi connectivity index (χ4v) is 15.6. The van der Waals surface area contributed by atoms with Crippen molar-refractivity contribution in [1.82, 2.24) is 9.13 Å². The van der Waals surface area contributed by atoms with Crippen LogP contribution >= 0.6 is 0 Å². The van der Waals surface area contributed by atoms with Crippen LogP contribution in [0.25, 0.3) is 77.2 Å². The Morgan fingerprint density at radius 1 is 0.270 bits per heavy atom. The molecule has 3 heteroatoms. The fraction of sp³-hybridized carbons (Fsp3) is 0. The van der Waals surface area contributed by atoms with Crippen LogP contribution < -0.4 is 20.7 Å². The van der Waals surface area contributed by atoms with Crippen molar-refractivity contribution in [2.75, 3.05) is 0 Å². The van der Waals surface area contributed by atoms with Crippen molar-refractivity contribution >= 4 is 72.4 Å². The molecular formula is C60H42N2Si. The molecule has 0 spiro atoms. The highest BCUT2D eigenvalue weighted by molar-refractivity contribution is 7.21. The van der Waals surface area contributed by atoms with E-state index in [4.69, 9.17) is 0 Å². The summed E-state index contributed by atoms with van der Waals surface area (Å²) in [7, 11) is -3.16. The molecule has 0 atom stereocenters. The average Bonchev–Trinajstić information content (AvgIpc) is 3.89. The van der Waals surface area contributed by atoms with Crippen molar-refractivity contribution in [3.63, 3.8) is 0 Å². The standard InChI is InChI=1S/C60H42N2Si/c1-6-21-43(22-7-1)44-37-39-46(40-38-44)61-55-34-18-16-31-51(55)53-33-20-36-57(58(53)61)62-56-35-19-17-32-52(56)54-42-41-50(45-23-8-2-9-24-45)60(59(54)62)63(47-25-10-3-11-26-47,48-27-12-4-13-28-48)49-29-14-5-15-30-49/h1-42H. The molecule has 2 heterocycles. The molecule has 296 valence electrons. The van der Waals surface area contributed by atoms with Crippen molar-refractivity contribution in [2.45, 2.75) is 0 Å². The highest BCUT2D eigenvalue weighted by Crippen LogP contribution is 2.41. The summed E-state index contributed by atoms with van der Waals surface area (Å²) in [6, 6.07) is 94.5. The van der Waals surface area contributed by atoms with Gasteiger partial charge in [0.15, 0.2) is 8.07 Å². The third-order valence-electron chi connectivity index (χ3n) is 13.1. The van der Waals surface area contributed by atoms with E-state index in [9.17, 15) is 0 Å². The van der Waals surface area contributed by atoms with E-state index in [1.54, 1.807) is 0 Å². The van der Waals surface area contributed by atoms with Gasteiger partial charge in [-0.05, 0) is 73.3 Å². The maximum atomic E-state index is 2.62. The van der Waals surface area contributed by atoms with E-state index in [-0.39, 0.29) is 0 Å². The first-order valence-corrected chi connectivity index (χ1v) is 23.8. The van der Waals surface area contributed by atoms with Crippen LogP contribution in [0.2, 0.25) is 0 Å². The Labute approximate surface area is 368 Å². The molecular weight excluding hydrogens is 777 g/mol. The summed E-state index contributed by atoms with van der Waals surface area (Å²) in [4.78, 5) is 0. The first kappa shape index (κ1) is 36.8. The number of rotatable bonds is 8. The van der Waals surface area contributed by atoms with Crippen molar-refractivity contribution in [2.24, 2.45) is 0 Å². The number of benzene rings is 10. The maximum absolute atomic E-state index is 3.16. The number of hydrogen-bond donors (Lipinski definition) is 0. The lowest BCUT2D eigenvalue weighted by Crippen LogP contribution is -2.75. The van der Waals surface area contributed by atoms with Crippen LogP contribution in [0.5, 0.6) is 0 Å². The Morgan fingerprint density at radius 2 is 0.698 bits per heavy atom. The Balaban J connectivity index is 1.29. The predicted octanol–water partition coefficient (Wildman–Crippen LogP) is 12.6. The van der Waals surface area contributed by atoms with E-state index in [0.717, 1.165) is 11.4 Å².